The molecule has 0 bridgehead atoms. The molecule has 0 saturated heterocycles. The van der Waals surface area contributed by atoms with Gasteiger partial charge in [-0.05, 0) is 35.4 Å². The van der Waals surface area contributed by atoms with E-state index in [4.69, 9.17) is 0 Å². The summed E-state index contributed by atoms with van der Waals surface area (Å²) in [4.78, 5) is 40.6. The Labute approximate surface area is 175 Å². The zero-order valence-corrected chi connectivity index (χ0v) is 16.2. The minimum absolute atomic E-state index is 0.0851. The van der Waals surface area contributed by atoms with Crippen molar-refractivity contribution in [1.82, 2.24) is 9.38 Å². The number of aromatic nitrogens is 2. The minimum atomic E-state index is -0.0851. The van der Waals surface area contributed by atoms with E-state index in [2.05, 4.69) is 4.98 Å². The normalized spacial score (nSPS) is 11.6. The van der Waals surface area contributed by atoms with Crippen molar-refractivity contribution in [3.05, 3.63) is 94.4 Å². The van der Waals surface area contributed by atoms with Crippen molar-refractivity contribution in [2.24, 2.45) is 0 Å². The van der Waals surface area contributed by atoms with Gasteiger partial charge in [0.05, 0.1) is 16.6 Å². The molecule has 0 aliphatic rings. The SMILES string of the molecule is O=Cc1ccc(-c2ccc3c4ccnc5c6ccccc6c(=O)n(c3c2)c45)cc1C=O. The lowest BCUT2D eigenvalue weighted by molar-refractivity contribution is 0.109. The maximum absolute atomic E-state index is 13.5. The van der Waals surface area contributed by atoms with Gasteiger partial charge in [-0.3, -0.25) is 23.8 Å². The van der Waals surface area contributed by atoms with Gasteiger partial charge in [0.1, 0.15) is 0 Å². The molecule has 146 valence electrons. The topological polar surface area (TPSA) is 68.5 Å². The van der Waals surface area contributed by atoms with Crippen LogP contribution in [0.1, 0.15) is 20.7 Å². The number of nitrogens with zero attached hydrogens (tertiary/aromatic N) is 2. The van der Waals surface area contributed by atoms with Crippen LogP contribution < -0.4 is 5.56 Å². The Hall–Kier alpha value is -4.38. The summed E-state index contributed by atoms with van der Waals surface area (Å²) in [5, 5.41) is 3.40. The minimum Gasteiger partial charge on any atom is -0.298 e. The van der Waals surface area contributed by atoms with Crippen LogP contribution in [0.4, 0.5) is 0 Å². The van der Waals surface area contributed by atoms with Crippen molar-refractivity contribution in [3.8, 4) is 11.1 Å². The first-order valence-corrected chi connectivity index (χ1v) is 9.83. The number of benzene rings is 3. The van der Waals surface area contributed by atoms with Gasteiger partial charge in [-0.1, -0.05) is 42.5 Å². The van der Waals surface area contributed by atoms with Crippen LogP contribution in [0.2, 0.25) is 0 Å². The van der Waals surface area contributed by atoms with Gasteiger partial charge in [0.25, 0.3) is 5.56 Å². The summed E-state index contributed by atoms with van der Waals surface area (Å²) >= 11 is 0. The Morgan fingerprint density at radius 1 is 0.710 bits per heavy atom. The second-order valence-electron chi connectivity index (χ2n) is 7.55. The van der Waals surface area contributed by atoms with Gasteiger partial charge < -0.3 is 0 Å². The average Bonchev–Trinajstić information content (AvgIpc) is 3.16. The van der Waals surface area contributed by atoms with E-state index in [0.29, 0.717) is 29.1 Å². The summed E-state index contributed by atoms with van der Waals surface area (Å²) in [5.74, 6) is 0. The van der Waals surface area contributed by atoms with Gasteiger partial charge >= 0.3 is 0 Å². The third kappa shape index (κ3) is 2.31. The van der Waals surface area contributed by atoms with Crippen LogP contribution in [-0.4, -0.2) is 22.0 Å². The Bertz CT molecular complexity index is 1750. The molecule has 6 aromatic rings. The molecule has 3 heterocycles. The molecular weight excluding hydrogens is 388 g/mol. The molecule has 5 heteroatoms. The van der Waals surface area contributed by atoms with Crippen LogP contribution >= 0.6 is 0 Å². The second-order valence-corrected chi connectivity index (χ2v) is 7.55. The van der Waals surface area contributed by atoms with Crippen LogP contribution in [-0.2, 0) is 0 Å². The molecule has 0 spiro atoms. The van der Waals surface area contributed by atoms with Crippen LogP contribution in [0.5, 0.6) is 0 Å². The van der Waals surface area contributed by atoms with Crippen molar-refractivity contribution >= 4 is 50.7 Å². The Morgan fingerprint density at radius 2 is 1.45 bits per heavy atom. The van der Waals surface area contributed by atoms with Crippen LogP contribution in [0, 0.1) is 0 Å². The Balaban J connectivity index is 1.75. The number of carbonyl (C=O) groups is 2. The standard InChI is InChI=1S/C26H14N2O3/c29-13-17-6-5-15(11-18(17)14-30)16-7-8-19-21-9-10-27-24-20-3-1-2-4-22(20)26(31)28(25(21)24)23(19)12-16/h1-14H. The van der Waals surface area contributed by atoms with E-state index in [1.54, 1.807) is 28.8 Å². The molecule has 0 unspecified atom stereocenters. The van der Waals surface area contributed by atoms with Gasteiger partial charge in [0, 0.05) is 38.9 Å². The van der Waals surface area contributed by atoms with E-state index in [1.807, 2.05) is 48.5 Å². The maximum atomic E-state index is 13.5. The van der Waals surface area contributed by atoms with Gasteiger partial charge in [-0.25, -0.2) is 0 Å². The molecule has 0 aliphatic carbocycles. The largest absolute Gasteiger partial charge is 0.298 e. The van der Waals surface area contributed by atoms with Gasteiger partial charge in [0.2, 0.25) is 0 Å². The van der Waals surface area contributed by atoms with Gasteiger partial charge in [0.15, 0.2) is 12.6 Å². The van der Waals surface area contributed by atoms with Crippen LogP contribution in [0.25, 0.3) is 49.2 Å². The fraction of sp³-hybridized carbons (Fsp3) is 0. The summed E-state index contributed by atoms with van der Waals surface area (Å²) in [6.45, 7) is 0. The maximum Gasteiger partial charge on any atom is 0.263 e. The predicted octanol–water partition coefficient (Wildman–Crippen LogP) is 4.88. The Morgan fingerprint density at radius 3 is 2.26 bits per heavy atom. The highest BCUT2D eigenvalue weighted by Gasteiger charge is 2.18. The third-order valence-electron chi connectivity index (χ3n) is 5.97. The zero-order chi connectivity index (χ0) is 21.1. The summed E-state index contributed by atoms with van der Waals surface area (Å²) in [5.41, 5.74) is 4.65. The van der Waals surface area contributed by atoms with E-state index in [9.17, 15) is 14.4 Å². The molecule has 3 aromatic heterocycles. The first-order valence-electron chi connectivity index (χ1n) is 9.83. The van der Waals surface area contributed by atoms with Crippen molar-refractivity contribution < 1.29 is 9.59 Å². The van der Waals surface area contributed by atoms with E-state index in [1.165, 1.54) is 0 Å². The third-order valence-corrected chi connectivity index (χ3v) is 5.97. The van der Waals surface area contributed by atoms with Crippen molar-refractivity contribution in [2.45, 2.75) is 0 Å². The molecule has 0 atom stereocenters. The van der Waals surface area contributed by atoms with E-state index < -0.39 is 0 Å². The number of aldehydes is 2. The molecule has 0 amide bonds. The van der Waals surface area contributed by atoms with Gasteiger partial charge in [-0.15, -0.1) is 0 Å². The monoisotopic (exact) mass is 402 g/mol. The summed E-state index contributed by atoms with van der Waals surface area (Å²) in [6, 6.07) is 20.5. The van der Waals surface area contributed by atoms with Crippen molar-refractivity contribution in [3.63, 3.8) is 0 Å². The summed E-state index contributed by atoms with van der Waals surface area (Å²) in [6.07, 6.45) is 3.13. The first kappa shape index (κ1) is 17.5. The number of hydrogen-bond donors (Lipinski definition) is 0. The van der Waals surface area contributed by atoms with E-state index in [-0.39, 0.29) is 5.56 Å². The van der Waals surface area contributed by atoms with Crippen LogP contribution in [0.15, 0.2) is 77.7 Å². The molecule has 0 N–H and O–H groups in total. The van der Waals surface area contributed by atoms with Gasteiger partial charge in [-0.2, -0.15) is 0 Å². The summed E-state index contributed by atoms with van der Waals surface area (Å²) < 4.78 is 1.74. The average molecular weight is 402 g/mol. The van der Waals surface area contributed by atoms with Crippen molar-refractivity contribution in [2.75, 3.05) is 0 Å². The molecule has 0 radical (unpaired) electrons. The zero-order valence-electron chi connectivity index (χ0n) is 16.2. The van der Waals surface area contributed by atoms with E-state index >= 15 is 0 Å². The number of fused-ring (bicyclic) bond motifs is 5. The molecule has 0 fully saturated rings. The molecule has 6 rings (SSSR count). The highest BCUT2D eigenvalue weighted by atomic mass is 16.1. The lowest BCUT2D eigenvalue weighted by Crippen LogP contribution is -2.13. The fourth-order valence-electron chi connectivity index (χ4n) is 4.51. The highest BCUT2D eigenvalue weighted by Crippen LogP contribution is 2.35. The number of pyridine rings is 2. The number of carbonyl (C=O) groups excluding carboxylic acids is 2. The molecule has 0 saturated carbocycles. The smallest absolute Gasteiger partial charge is 0.263 e. The molecular formula is C26H14N2O3. The number of rotatable bonds is 3. The lowest BCUT2D eigenvalue weighted by Gasteiger charge is -2.06. The fourth-order valence-corrected chi connectivity index (χ4v) is 4.51. The number of hydrogen-bond acceptors (Lipinski definition) is 4. The summed E-state index contributed by atoms with van der Waals surface area (Å²) in [7, 11) is 0. The van der Waals surface area contributed by atoms with Crippen molar-refractivity contribution in [1.29, 1.82) is 0 Å². The quantitative estimate of drug-likeness (QED) is 0.312. The lowest BCUT2D eigenvalue weighted by atomic mass is 9.99. The predicted molar refractivity (Wildman–Crippen MR) is 121 cm³/mol. The molecule has 31 heavy (non-hydrogen) atoms. The molecule has 0 aliphatic heterocycles. The van der Waals surface area contributed by atoms with E-state index in [0.717, 1.165) is 43.8 Å². The van der Waals surface area contributed by atoms with Crippen LogP contribution in [0.3, 0.4) is 0 Å². The Kier molecular flexibility index (Phi) is 3.56. The first-order chi connectivity index (χ1) is 15.2. The molecule has 5 nitrogen and oxygen atoms in total. The molecule has 3 aromatic carbocycles. The second kappa shape index (κ2) is 6.31. The highest BCUT2D eigenvalue weighted by molar-refractivity contribution is 6.19.